The second-order valence-electron chi connectivity index (χ2n) is 29.9. The van der Waals surface area contributed by atoms with Crippen LogP contribution >= 0.6 is 21.6 Å². The minimum Gasteiger partial charge on any atom is -0.388 e. The van der Waals surface area contributed by atoms with E-state index in [0.717, 1.165) is 23.6 Å². The van der Waals surface area contributed by atoms with Crippen molar-refractivity contribution in [3.63, 3.8) is 0 Å². The highest BCUT2D eigenvalue weighted by Gasteiger charge is 2.62. The van der Waals surface area contributed by atoms with E-state index in [0.29, 0.717) is 142 Å². The third-order valence-electron chi connectivity index (χ3n) is 20.0. The number of rotatable bonds is 66. The van der Waals surface area contributed by atoms with Crippen molar-refractivity contribution in [1.29, 1.82) is 0 Å². The highest BCUT2D eigenvalue weighted by Crippen LogP contribution is 2.40. The van der Waals surface area contributed by atoms with Crippen molar-refractivity contribution in [2.75, 3.05) is 204 Å². The number of hydrogen-bond donors (Lipinski definition) is 10. The molecule has 45 nitrogen and oxygen atoms in total. The van der Waals surface area contributed by atoms with Crippen molar-refractivity contribution in [3.05, 3.63) is 60.1 Å². The first kappa shape index (κ1) is 98.3. The topological polar surface area (TPSA) is 537 Å². The molecule has 10 N–H and O–H groups in total. The van der Waals surface area contributed by atoms with E-state index in [1.54, 1.807) is 60.4 Å². The Kier molecular flexibility index (Phi) is 42.2. The Morgan fingerprint density at radius 2 is 0.770 bits per heavy atom. The molecular formula is C75H120N14O31S2. The van der Waals surface area contributed by atoms with Gasteiger partial charge in [0, 0.05) is 39.1 Å². The molecule has 6 fully saturated rings. The minimum atomic E-state index is -1.34. The van der Waals surface area contributed by atoms with E-state index in [1.165, 1.54) is 20.8 Å². The van der Waals surface area contributed by atoms with Crippen LogP contribution in [0.3, 0.4) is 0 Å². The van der Waals surface area contributed by atoms with Crippen LogP contribution in [0.1, 0.15) is 63.5 Å². The van der Waals surface area contributed by atoms with Gasteiger partial charge in [-0.25, -0.2) is 19.0 Å². The highest BCUT2D eigenvalue weighted by atomic mass is 33.1. The van der Waals surface area contributed by atoms with Crippen LogP contribution in [0.5, 0.6) is 0 Å². The maximum absolute atomic E-state index is 14.2. The first-order valence-electron chi connectivity index (χ1n) is 40.9. The molecule has 6 aliphatic heterocycles. The summed E-state index contributed by atoms with van der Waals surface area (Å²) in [5.74, 6) is -0.526. The number of nitrogens with one attached hydrogen (secondary N) is 4. The maximum atomic E-state index is 14.2. The van der Waals surface area contributed by atoms with Gasteiger partial charge < -0.3 is 151 Å². The maximum Gasteiger partial charge on any atom is 0.220 e. The fourth-order valence-electron chi connectivity index (χ4n) is 13.7. The van der Waals surface area contributed by atoms with Crippen LogP contribution in [-0.4, -0.2) is 404 Å². The second-order valence-corrected chi connectivity index (χ2v) is 32.3. The molecule has 15 atom stereocenters. The number of aliphatic hydroxyl groups is 6. The van der Waals surface area contributed by atoms with Gasteiger partial charge in [-0.2, -0.15) is 0 Å². The average Bonchev–Trinajstić information content (AvgIpc) is 1.61. The fourth-order valence-corrected chi connectivity index (χ4v) is 15.7. The molecule has 0 spiro atoms. The zero-order chi connectivity index (χ0) is 86.3. The molecular weight excluding hydrogens is 1660 g/mol. The number of carbonyl (C=O) groups excluding carboxylic acids is 4. The Bertz CT molecular complexity index is 3350. The lowest BCUT2D eigenvalue weighted by atomic mass is 9.88. The van der Waals surface area contributed by atoms with Gasteiger partial charge >= 0.3 is 0 Å². The number of pyridine rings is 1. The van der Waals surface area contributed by atoms with E-state index in [9.17, 15) is 49.8 Å². The normalized spacial score (nSPS) is 26.0. The number of aliphatic hydroxyl groups excluding tert-OH is 6. The summed E-state index contributed by atoms with van der Waals surface area (Å²) < 4.78 is 127. The van der Waals surface area contributed by atoms with Crippen LogP contribution in [0.15, 0.2) is 48.0 Å². The SMILES string of the molecule is CC(=O)N[C@H]1[C@@H]2OC[C@](COCCOCCOCCOCCn3cc(COCC(COCc4cn(CCOCCOCCOCCOC[C@@]56CO[C@@H](O5)[C@H](NC(C)=O)[C@@H](O)[C@H]6O)nn4)(COCc4cn(CCOCCOCCOCCOC[C@@]56CO[C@@H](O5)[C@H](NC(C)=O)[C@@H](O)[C@H]6O)nn4)NC(=O)CCCCCSSc4ccccn4)nn3)(O2)[C@H](O)[C@@H]1O. The average molecular weight is 1780 g/mol. The van der Waals surface area contributed by atoms with Crippen molar-refractivity contribution in [1.82, 2.24) is 71.2 Å². The van der Waals surface area contributed by atoms with E-state index in [4.69, 9.17) is 99.5 Å². The van der Waals surface area contributed by atoms with Crippen molar-refractivity contribution in [2.45, 2.75) is 187 Å². The number of unbranched alkanes of at least 4 members (excludes halogenated alkanes) is 2. The lowest BCUT2D eigenvalue weighted by Crippen LogP contribution is -2.66. The summed E-state index contributed by atoms with van der Waals surface area (Å²) in [6.45, 7) is 10.5. The zero-order valence-electron chi connectivity index (χ0n) is 69.1. The smallest absolute Gasteiger partial charge is 0.220 e. The number of amides is 4. The molecule has 0 aromatic carbocycles. The molecule has 6 bridgehead atoms. The van der Waals surface area contributed by atoms with Crippen molar-refractivity contribution in [2.24, 2.45) is 0 Å². The second kappa shape index (κ2) is 52.4. The summed E-state index contributed by atoms with van der Waals surface area (Å²) >= 11 is 0. The number of carbonyl (C=O) groups is 4. The number of fused-ring (bicyclic) bond motifs is 6. The van der Waals surface area contributed by atoms with Gasteiger partial charge in [-0.1, -0.05) is 38.9 Å². The van der Waals surface area contributed by atoms with Crippen LogP contribution < -0.4 is 21.3 Å². The van der Waals surface area contributed by atoms with Crippen molar-refractivity contribution < 1.29 is 149 Å². The molecule has 688 valence electrons. The van der Waals surface area contributed by atoms with Crippen LogP contribution in [0, 0.1) is 0 Å². The highest BCUT2D eigenvalue weighted by molar-refractivity contribution is 8.76. The quantitative estimate of drug-likeness (QED) is 0.0148. The first-order chi connectivity index (χ1) is 59.3. The van der Waals surface area contributed by atoms with Gasteiger partial charge in [0.1, 0.15) is 99.2 Å². The molecule has 0 unspecified atom stereocenters. The summed E-state index contributed by atoms with van der Waals surface area (Å²) in [5, 5.41) is 102. The van der Waals surface area contributed by atoms with E-state index >= 15 is 0 Å². The summed E-state index contributed by atoms with van der Waals surface area (Å²) in [5.41, 5.74) is -3.52. The van der Waals surface area contributed by atoms with Gasteiger partial charge in [0.25, 0.3) is 0 Å². The Hall–Kier alpha value is -5.93. The standard InChI is InChI=1S/C75H120N14O31S2/c1-52(90)77-60-63(94)66(97)73(49-115-69(60)118-73)46-109-33-30-106-27-24-103-21-18-100-15-12-87-37-55(81-84-87)40-112-43-72(80-58(93)9-5-4-8-36-121-122-59-10-6-7-11-76-59,44-113-41-56-38-88(85-82-56)13-16-101-19-22-104-25-28-107-31-34-110-47-74-50-116-70(119-74)61(78-53(2)91)64(95)67(74)98)45-114-42-57-39-89(86-83-57)14-17-102-20-23-105-26-29-108-32-35-111-48-75-51-117-71(120-75)62(79-54(3)92)65(96)68(75)99/h6-7,10-11,37-39,60-71,94-99H,4-5,8-9,12-36,40-51H2,1-3H3,(H,77,90)(H,78,91)(H,79,92)(H,80,93)/t60-,61-,62-,63-,64-,65-,66-,67-,68-,69-,70+,71+,73+,74+,75+/m1/s1. The molecule has 47 heteroatoms. The molecule has 6 aliphatic rings. The van der Waals surface area contributed by atoms with Gasteiger partial charge in [-0.3, -0.25) is 19.2 Å². The summed E-state index contributed by atoms with van der Waals surface area (Å²) in [6.07, 6.45) is -1.11. The monoisotopic (exact) mass is 1780 g/mol. The molecule has 4 amide bonds. The predicted molar refractivity (Wildman–Crippen MR) is 420 cm³/mol. The number of hydrogen-bond acceptors (Lipinski definition) is 40. The van der Waals surface area contributed by atoms with Gasteiger partial charge in [0.2, 0.25) is 23.6 Å². The van der Waals surface area contributed by atoms with Crippen LogP contribution in [-0.2, 0) is 158 Å². The molecule has 0 radical (unpaired) electrons. The summed E-state index contributed by atoms with van der Waals surface area (Å²) in [4.78, 5) is 53.3. The summed E-state index contributed by atoms with van der Waals surface area (Å²) in [6, 6.07) is 3.08. The van der Waals surface area contributed by atoms with E-state index in [1.807, 2.05) is 18.2 Å². The molecule has 4 aromatic rings. The van der Waals surface area contributed by atoms with E-state index < -0.39 is 96.0 Å². The molecule has 10 rings (SSSR count). The van der Waals surface area contributed by atoms with E-state index in [2.05, 4.69) is 57.2 Å². The van der Waals surface area contributed by atoms with Crippen LogP contribution in [0.25, 0.3) is 0 Å². The Balaban J connectivity index is 0.640. The third-order valence-corrected chi connectivity index (χ3v) is 22.3. The number of aromatic nitrogens is 10. The summed E-state index contributed by atoms with van der Waals surface area (Å²) in [7, 11) is 3.33. The minimum absolute atomic E-state index is 0.0110. The van der Waals surface area contributed by atoms with Gasteiger partial charge in [-0.15, -0.1) is 15.3 Å². The number of ether oxygens (including phenoxy) is 21. The van der Waals surface area contributed by atoms with Gasteiger partial charge in [0.15, 0.2) is 18.9 Å². The lowest BCUT2D eigenvalue weighted by molar-refractivity contribution is -0.238. The van der Waals surface area contributed by atoms with Crippen LogP contribution in [0.2, 0.25) is 0 Å². The van der Waals surface area contributed by atoms with Crippen molar-refractivity contribution >= 4 is 45.2 Å². The molecule has 6 saturated heterocycles. The Morgan fingerprint density at radius 3 is 1.09 bits per heavy atom. The molecule has 0 aliphatic carbocycles. The third kappa shape index (κ3) is 31.5. The Morgan fingerprint density at radius 1 is 0.443 bits per heavy atom. The van der Waals surface area contributed by atoms with Gasteiger partial charge in [-0.05, 0) is 35.8 Å². The zero-order valence-corrected chi connectivity index (χ0v) is 70.8. The number of nitrogens with zero attached hydrogens (tertiary/aromatic N) is 10. The molecule has 0 saturated carbocycles. The lowest BCUT2D eigenvalue weighted by Gasteiger charge is -2.42. The molecule has 122 heavy (non-hydrogen) atoms. The first-order valence-corrected chi connectivity index (χ1v) is 43.2. The largest absolute Gasteiger partial charge is 0.388 e. The predicted octanol–water partition coefficient (Wildman–Crippen LogP) is -4.08. The van der Waals surface area contributed by atoms with Crippen molar-refractivity contribution in [3.8, 4) is 0 Å². The Labute approximate surface area is 713 Å². The molecule has 10 heterocycles. The van der Waals surface area contributed by atoms with Crippen LogP contribution in [0.4, 0.5) is 0 Å². The van der Waals surface area contributed by atoms with E-state index in [-0.39, 0.29) is 149 Å². The molecule has 4 aromatic heterocycles. The fraction of sp³-hybridized carbons (Fsp3) is 0.800. The van der Waals surface area contributed by atoms with Gasteiger partial charge in [0.05, 0.1) is 256 Å².